The maximum Gasteiger partial charge on any atom is 0.387 e. The topological polar surface area (TPSA) is 90.2 Å². The predicted molar refractivity (Wildman–Crippen MR) is 102 cm³/mol. The van der Waals surface area contributed by atoms with E-state index in [0.29, 0.717) is 23.3 Å². The van der Waals surface area contributed by atoms with Gasteiger partial charge >= 0.3 is 12.3 Å². The summed E-state index contributed by atoms with van der Waals surface area (Å²) in [6.45, 7) is -0.644. The number of anilines is 1. The first kappa shape index (κ1) is 19.6. The minimum absolute atomic E-state index is 0.0883. The minimum Gasteiger partial charge on any atom is -0.435 e. The van der Waals surface area contributed by atoms with Gasteiger partial charge in [0.25, 0.3) is 0 Å². The molecule has 1 heterocycles. The number of amides is 1. The van der Waals surface area contributed by atoms with E-state index >= 15 is 0 Å². The van der Waals surface area contributed by atoms with Crippen LogP contribution in [0.1, 0.15) is 12.5 Å². The van der Waals surface area contributed by atoms with E-state index < -0.39 is 12.7 Å². The van der Waals surface area contributed by atoms with Crippen LogP contribution in [0.2, 0.25) is 0 Å². The molecule has 3 aromatic rings. The molecule has 0 saturated heterocycles. The number of ether oxygens (including phenoxy) is 1. The molecular formula is C19H20F2N4O3. The number of aromatic amines is 2. The Morgan fingerprint density at radius 3 is 2.50 bits per heavy atom. The second kappa shape index (κ2) is 8.22. The number of benzene rings is 2. The van der Waals surface area contributed by atoms with Crippen LogP contribution in [-0.4, -0.2) is 40.5 Å². The average molecular weight is 390 g/mol. The van der Waals surface area contributed by atoms with Crippen LogP contribution in [0.15, 0.2) is 47.3 Å². The molecule has 0 aliphatic heterocycles. The third kappa shape index (κ3) is 4.74. The van der Waals surface area contributed by atoms with Gasteiger partial charge in [-0.1, -0.05) is 12.1 Å². The van der Waals surface area contributed by atoms with E-state index in [-0.39, 0.29) is 17.3 Å². The van der Waals surface area contributed by atoms with Crippen LogP contribution in [0.5, 0.6) is 5.75 Å². The zero-order valence-corrected chi connectivity index (χ0v) is 15.3. The minimum atomic E-state index is -2.86. The molecule has 1 amide bonds. The predicted octanol–water partition coefficient (Wildman–Crippen LogP) is 2.92. The molecule has 9 heteroatoms. The lowest BCUT2D eigenvalue weighted by Crippen LogP contribution is -2.39. The van der Waals surface area contributed by atoms with Crippen LogP contribution < -0.4 is 15.7 Å². The summed E-state index contributed by atoms with van der Waals surface area (Å²) in [6.07, 6.45) is 0. The first-order valence-electron chi connectivity index (χ1n) is 8.59. The van der Waals surface area contributed by atoms with Gasteiger partial charge in [-0.3, -0.25) is 9.69 Å². The second-order valence-electron chi connectivity index (χ2n) is 6.44. The second-order valence-corrected chi connectivity index (χ2v) is 6.44. The quantitative estimate of drug-likeness (QED) is 0.579. The Labute approximate surface area is 159 Å². The van der Waals surface area contributed by atoms with Gasteiger partial charge in [0.2, 0.25) is 5.91 Å². The Balaban J connectivity index is 1.60. The van der Waals surface area contributed by atoms with Crippen molar-refractivity contribution in [3.8, 4) is 5.75 Å². The SMILES string of the molecule is C[C@H](C(=O)Nc1ccc2[nH]c(=O)[nH]c2c1)N(C)Cc1ccc(OC(F)F)cc1. The molecule has 3 N–H and O–H groups in total. The Morgan fingerprint density at radius 2 is 1.82 bits per heavy atom. The molecule has 28 heavy (non-hydrogen) atoms. The molecule has 0 radical (unpaired) electrons. The molecule has 2 aromatic carbocycles. The van der Waals surface area contributed by atoms with Crippen LogP contribution in [0.3, 0.4) is 0 Å². The number of carbonyl (C=O) groups is 1. The zero-order chi connectivity index (χ0) is 20.3. The monoisotopic (exact) mass is 390 g/mol. The molecule has 3 rings (SSSR count). The van der Waals surface area contributed by atoms with Crippen molar-refractivity contribution in [3.05, 3.63) is 58.5 Å². The molecule has 0 saturated carbocycles. The van der Waals surface area contributed by atoms with Gasteiger partial charge in [-0.15, -0.1) is 0 Å². The van der Waals surface area contributed by atoms with Crippen LogP contribution in [0.4, 0.5) is 14.5 Å². The summed E-state index contributed by atoms with van der Waals surface area (Å²) in [7, 11) is 1.79. The van der Waals surface area contributed by atoms with Gasteiger partial charge in [0, 0.05) is 12.2 Å². The number of carbonyl (C=O) groups excluding carboxylic acids is 1. The Kier molecular flexibility index (Phi) is 5.74. The van der Waals surface area contributed by atoms with Crippen molar-refractivity contribution in [1.29, 1.82) is 0 Å². The Bertz CT molecular complexity index is 1010. The smallest absolute Gasteiger partial charge is 0.387 e. The van der Waals surface area contributed by atoms with Gasteiger partial charge in [-0.25, -0.2) is 4.79 Å². The Morgan fingerprint density at radius 1 is 1.14 bits per heavy atom. The van der Waals surface area contributed by atoms with E-state index in [9.17, 15) is 18.4 Å². The summed E-state index contributed by atoms with van der Waals surface area (Å²) >= 11 is 0. The van der Waals surface area contributed by atoms with E-state index in [0.717, 1.165) is 5.56 Å². The highest BCUT2D eigenvalue weighted by atomic mass is 19.3. The fourth-order valence-corrected chi connectivity index (χ4v) is 2.76. The molecule has 0 bridgehead atoms. The zero-order valence-electron chi connectivity index (χ0n) is 15.3. The fourth-order valence-electron chi connectivity index (χ4n) is 2.76. The van der Waals surface area contributed by atoms with E-state index in [1.165, 1.54) is 12.1 Å². The highest BCUT2D eigenvalue weighted by Crippen LogP contribution is 2.18. The largest absolute Gasteiger partial charge is 0.435 e. The number of nitrogens with zero attached hydrogens (tertiary/aromatic N) is 1. The molecule has 1 aromatic heterocycles. The van der Waals surface area contributed by atoms with Crippen molar-refractivity contribution in [2.24, 2.45) is 0 Å². The first-order valence-corrected chi connectivity index (χ1v) is 8.59. The number of halogens is 2. The van der Waals surface area contributed by atoms with Crippen LogP contribution >= 0.6 is 0 Å². The maximum atomic E-state index is 12.5. The molecule has 0 fully saturated rings. The average Bonchev–Trinajstić information content (AvgIpc) is 3.01. The fraction of sp³-hybridized carbons (Fsp3) is 0.263. The molecule has 0 unspecified atom stereocenters. The number of rotatable bonds is 7. The third-order valence-electron chi connectivity index (χ3n) is 4.40. The molecule has 148 valence electrons. The summed E-state index contributed by atoms with van der Waals surface area (Å²) in [6, 6.07) is 10.9. The van der Waals surface area contributed by atoms with Crippen LogP contribution in [-0.2, 0) is 11.3 Å². The van der Waals surface area contributed by atoms with Gasteiger partial charge in [-0.2, -0.15) is 8.78 Å². The third-order valence-corrected chi connectivity index (χ3v) is 4.40. The van der Waals surface area contributed by atoms with Crippen molar-refractivity contribution < 1.29 is 18.3 Å². The number of alkyl halides is 2. The van der Waals surface area contributed by atoms with Crippen molar-refractivity contribution in [2.45, 2.75) is 26.1 Å². The number of H-pyrrole nitrogens is 2. The number of aromatic nitrogens is 2. The highest BCUT2D eigenvalue weighted by molar-refractivity contribution is 5.96. The van der Waals surface area contributed by atoms with E-state index in [1.807, 2.05) is 4.90 Å². The van der Waals surface area contributed by atoms with Crippen molar-refractivity contribution >= 4 is 22.6 Å². The van der Waals surface area contributed by atoms with E-state index in [2.05, 4.69) is 20.0 Å². The van der Waals surface area contributed by atoms with Gasteiger partial charge in [0.15, 0.2) is 0 Å². The lowest BCUT2D eigenvalue weighted by Gasteiger charge is -2.24. The number of hydrogen-bond acceptors (Lipinski definition) is 4. The van der Waals surface area contributed by atoms with Crippen molar-refractivity contribution in [1.82, 2.24) is 14.9 Å². The molecule has 1 atom stereocenters. The highest BCUT2D eigenvalue weighted by Gasteiger charge is 2.18. The first-order chi connectivity index (χ1) is 13.3. The molecule has 0 aliphatic carbocycles. The number of imidazole rings is 1. The molecule has 0 aliphatic rings. The molecule has 0 spiro atoms. The van der Waals surface area contributed by atoms with Crippen LogP contribution in [0, 0.1) is 0 Å². The summed E-state index contributed by atoms with van der Waals surface area (Å²) in [4.78, 5) is 31.0. The normalized spacial score (nSPS) is 12.5. The number of nitrogens with one attached hydrogen (secondary N) is 3. The van der Waals surface area contributed by atoms with Crippen LogP contribution in [0.25, 0.3) is 11.0 Å². The van der Waals surface area contributed by atoms with Gasteiger partial charge < -0.3 is 20.0 Å². The summed E-state index contributed by atoms with van der Waals surface area (Å²) in [5.41, 5.74) is 2.38. The van der Waals surface area contributed by atoms with Gasteiger partial charge in [0.05, 0.1) is 17.1 Å². The standard InChI is InChI=1S/C19H20F2N4O3/c1-11(25(2)10-12-3-6-14(7-4-12)28-18(20)21)17(26)22-13-5-8-15-16(9-13)24-19(27)23-15/h3-9,11,18H,10H2,1-2H3,(H,22,26)(H2,23,24,27)/t11-/m1/s1. The molecule has 7 nitrogen and oxygen atoms in total. The van der Waals surface area contributed by atoms with Crippen molar-refractivity contribution in [2.75, 3.05) is 12.4 Å². The lowest BCUT2D eigenvalue weighted by molar-refractivity contribution is -0.120. The number of likely N-dealkylation sites (N-methyl/N-ethyl adjacent to an activating group) is 1. The summed E-state index contributed by atoms with van der Waals surface area (Å²) in [5, 5.41) is 2.82. The Hall–Kier alpha value is -3.20. The van der Waals surface area contributed by atoms with Gasteiger partial charge in [-0.05, 0) is 49.9 Å². The van der Waals surface area contributed by atoms with Crippen molar-refractivity contribution in [3.63, 3.8) is 0 Å². The molecular weight excluding hydrogens is 370 g/mol. The summed E-state index contributed by atoms with van der Waals surface area (Å²) < 4.78 is 28.7. The van der Waals surface area contributed by atoms with E-state index in [1.54, 1.807) is 44.3 Å². The van der Waals surface area contributed by atoms with Gasteiger partial charge in [0.1, 0.15) is 5.75 Å². The summed E-state index contributed by atoms with van der Waals surface area (Å²) in [5.74, 6) is -0.122. The maximum absolute atomic E-state index is 12.5. The lowest BCUT2D eigenvalue weighted by atomic mass is 10.1. The number of hydrogen-bond donors (Lipinski definition) is 3. The number of fused-ring (bicyclic) bond motifs is 1. The van der Waals surface area contributed by atoms with E-state index in [4.69, 9.17) is 0 Å².